The van der Waals surface area contributed by atoms with E-state index >= 15 is 0 Å². The van der Waals surface area contributed by atoms with Crippen molar-refractivity contribution in [1.82, 2.24) is 9.88 Å². The first-order valence-corrected chi connectivity index (χ1v) is 7.80. The van der Waals surface area contributed by atoms with Crippen LogP contribution in [0.25, 0.3) is 0 Å². The second kappa shape index (κ2) is 6.04. The lowest BCUT2D eigenvalue weighted by atomic mass is 9.80. The van der Waals surface area contributed by atoms with Crippen LogP contribution in [0.3, 0.4) is 0 Å². The van der Waals surface area contributed by atoms with E-state index in [4.69, 9.17) is 0 Å². The molecule has 4 heteroatoms. The minimum Gasteiger partial charge on any atom is -0.368 e. The van der Waals surface area contributed by atoms with E-state index in [9.17, 15) is 4.79 Å². The van der Waals surface area contributed by atoms with Crippen LogP contribution < -0.4 is 5.32 Å². The number of anilines is 1. The summed E-state index contributed by atoms with van der Waals surface area (Å²) in [6.07, 6.45) is 1.08. The van der Waals surface area contributed by atoms with Gasteiger partial charge in [-0.1, -0.05) is 26.8 Å². The van der Waals surface area contributed by atoms with E-state index in [1.807, 2.05) is 17.0 Å². The molecule has 0 aliphatic carbocycles. The third-order valence-corrected chi connectivity index (χ3v) is 4.10. The summed E-state index contributed by atoms with van der Waals surface area (Å²) in [4.78, 5) is 19.0. The van der Waals surface area contributed by atoms with Crippen molar-refractivity contribution >= 4 is 11.7 Å². The molecule has 0 aromatic carbocycles. The van der Waals surface area contributed by atoms with Crippen LogP contribution >= 0.6 is 0 Å². The van der Waals surface area contributed by atoms with Gasteiger partial charge in [0.1, 0.15) is 11.5 Å². The lowest BCUT2D eigenvalue weighted by Gasteiger charge is -2.26. The normalized spacial score (nSPS) is 19.1. The van der Waals surface area contributed by atoms with Gasteiger partial charge in [-0.05, 0) is 43.7 Å². The van der Waals surface area contributed by atoms with E-state index in [0.717, 1.165) is 25.3 Å². The van der Waals surface area contributed by atoms with E-state index in [-0.39, 0.29) is 11.3 Å². The largest absolute Gasteiger partial charge is 0.368 e. The second-order valence-electron chi connectivity index (χ2n) is 7.31. The number of hydrogen-bond donors (Lipinski definition) is 1. The fraction of sp³-hybridized carbons (Fsp3) is 0.647. The molecular weight excluding hydrogens is 262 g/mol. The monoisotopic (exact) mass is 289 g/mol. The van der Waals surface area contributed by atoms with Crippen LogP contribution in [0.15, 0.2) is 18.2 Å². The molecule has 2 rings (SSSR count). The fourth-order valence-corrected chi connectivity index (χ4v) is 2.74. The molecule has 1 unspecified atom stereocenters. The highest BCUT2D eigenvalue weighted by molar-refractivity contribution is 5.92. The molecule has 116 valence electrons. The van der Waals surface area contributed by atoms with E-state index < -0.39 is 0 Å². The van der Waals surface area contributed by atoms with Crippen LogP contribution in [0.4, 0.5) is 5.82 Å². The van der Waals surface area contributed by atoms with Crippen molar-refractivity contribution in [2.45, 2.75) is 47.1 Å². The average Bonchev–Trinajstić information content (AvgIpc) is 2.86. The first-order chi connectivity index (χ1) is 9.77. The number of rotatable bonds is 3. The molecule has 0 radical (unpaired) electrons. The Morgan fingerprint density at radius 1 is 1.38 bits per heavy atom. The molecule has 1 aliphatic rings. The van der Waals surface area contributed by atoms with Crippen LogP contribution in [0.5, 0.6) is 0 Å². The molecule has 1 aliphatic heterocycles. The van der Waals surface area contributed by atoms with Crippen molar-refractivity contribution in [3.63, 3.8) is 0 Å². The Balaban J connectivity index is 2.07. The predicted octanol–water partition coefficient (Wildman–Crippen LogP) is 3.41. The van der Waals surface area contributed by atoms with Gasteiger partial charge in [0.25, 0.3) is 5.91 Å². The molecule has 1 amide bonds. The van der Waals surface area contributed by atoms with Gasteiger partial charge in [0, 0.05) is 19.1 Å². The smallest absolute Gasteiger partial charge is 0.272 e. The Morgan fingerprint density at radius 3 is 2.67 bits per heavy atom. The van der Waals surface area contributed by atoms with Gasteiger partial charge in [0.05, 0.1) is 0 Å². The summed E-state index contributed by atoms with van der Waals surface area (Å²) in [6.45, 7) is 12.5. The van der Waals surface area contributed by atoms with Gasteiger partial charge in [0.2, 0.25) is 0 Å². The number of pyridine rings is 1. The van der Waals surface area contributed by atoms with E-state index in [2.05, 4.69) is 44.9 Å². The third-order valence-electron chi connectivity index (χ3n) is 4.10. The molecule has 21 heavy (non-hydrogen) atoms. The molecule has 0 saturated carbocycles. The Labute approximate surface area is 127 Å². The van der Waals surface area contributed by atoms with Gasteiger partial charge in [-0.3, -0.25) is 4.79 Å². The zero-order chi connectivity index (χ0) is 15.6. The lowest BCUT2D eigenvalue weighted by Crippen LogP contribution is -2.31. The highest BCUT2D eigenvalue weighted by atomic mass is 16.2. The first kappa shape index (κ1) is 15.8. The standard InChI is InChI=1S/C17H27N3O/c1-12(2)18-15-8-6-7-14(19-15)16(21)20-10-9-13(11-20)17(3,4)5/h6-8,12-13H,9-11H2,1-5H3,(H,18,19). The van der Waals surface area contributed by atoms with Gasteiger partial charge in [-0.15, -0.1) is 0 Å². The number of nitrogens with one attached hydrogen (secondary N) is 1. The Hall–Kier alpha value is -1.58. The molecule has 2 heterocycles. The third kappa shape index (κ3) is 3.96. The molecule has 0 bridgehead atoms. The number of nitrogens with zero attached hydrogens (tertiary/aromatic N) is 2. The summed E-state index contributed by atoms with van der Waals surface area (Å²) in [5, 5.41) is 3.24. The van der Waals surface area contributed by atoms with Crippen LogP contribution in [0.2, 0.25) is 0 Å². The van der Waals surface area contributed by atoms with Crippen LogP contribution in [0, 0.1) is 11.3 Å². The topological polar surface area (TPSA) is 45.2 Å². The Morgan fingerprint density at radius 2 is 2.10 bits per heavy atom. The van der Waals surface area contributed by atoms with Crippen molar-refractivity contribution in [1.29, 1.82) is 0 Å². The summed E-state index contributed by atoms with van der Waals surface area (Å²) >= 11 is 0. The maximum Gasteiger partial charge on any atom is 0.272 e. The molecule has 1 aromatic rings. The van der Waals surface area contributed by atoms with Crippen molar-refractivity contribution < 1.29 is 4.79 Å². The summed E-state index contributed by atoms with van der Waals surface area (Å²) in [7, 11) is 0. The quantitative estimate of drug-likeness (QED) is 0.927. The van der Waals surface area contributed by atoms with Crippen molar-refractivity contribution in [2.24, 2.45) is 11.3 Å². The zero-order valence-corrected chi connectivity index (χ0v) is 13.8. The SMILES string of the molecule is CC(C)Nc1cccc(C(=O)N2CCC(C(C)(C)C)C2)n1. The molecule has 1 atom stereocenters. The summed E-state index contributed by atoms with van der Waals surface area (Å²) in [5.74, 6) is 1.38. The number of carbonyl (C=O) groups excluding carboxylic acids is 1. The van der Waals surface area contributed by atoms with Crippen LogP contribution in [0.1, 0.15) is 51.5 Å². The summed E-state index contributed by atoms with van der Waals surface area (Å²) in [5.41, 5.74) is 0.791. The molecule has 1 saturated heterocycles. The molecule has 1 fully saturated rings. The van der Waals surface area contributed by atoms with Gasteiger partial charge in [-0.25, -0.2) is 4.98 Å². The van der Waals surface area contributed by atoms with Gasteiger partial charge in [0.15, 0.2) is 0 Å². The van der Waals surface area contributed by atoms with Crippen molar-refractivity contribution in [2.75, 3.05) is 18.4 Å². The molecular formula is C17H27N3O. The molecule has 0 spiro atoms. The number of amides is 1. The second-order valence-corrected chi connectivity index (χ2v) is 7.31. The van der Waals surface area contributed by atoms with Crippen molar-refractivity contribution in [3.8, 4) is 0 Å². The molecule has 1 aromatic heterocycles. The maximum absolute atomic E-state index is 12.6. The van der Waals surface area contributed by atoms with Crippen LogP contribution in [-0.2, 0) is 0 Å². The van der Waals surface area contributed by atoms with Gasteiger partial charge in [-0.2, -0.15) is 0 Å². The Kier molecular flexibility index (Phi) is 4.55. The lowest BCUT2D eigenvalue weighted by molar-refractivity contribution is 0.0771. The van der Waals surface area contributed by atoms with Gasteiger partial charge >= 0.3 is 0 Å². The number of aromatic nitrogens is 1. The Bertz CT molecular complexity index is 505. The summed E-state index contributed by atoms with van der Waals surface area (Å²) < 4.78 is 0. The maximum atomic E-state index is 12.6. The van der Waals surface area contributed by atoms with E-state index in [1.54, 1.807) is 6.07 Å². The highest BCUT2D eigenvalue weighted by Crippen LogP contribution is 2.33. The zero-order valence-electron chi connectivity index (χ0n) is 13.8. The minimum atomic E-state index is 0.0501. The summed E-state index contributed by atoms with van der Waals surface area (Å²) in [6, 6.07) is 5.90. The molecule has 4 nitrogen and oxygen atoms in total. The molecule has 1 N–H and O–H groups in total. The van der Waals surface area contributed by atoms with E-state index in [0.29, 0.717) is 17.7 Å². The predicted molar refractivity (Wildman–Crippen MR) is 86.5 cm³/mol. The first-order valence-electron chi connectivity index (χ1n) is 7.80. The van der Waals surface area contributed by atoms with Gasteiger partial charge < -0.3 is 10.2 Å². The minimum absolute atomic E-state index is 0.0501. The van der Waals surface area contributed by atoms with Crippen molar-refractivity contribution in [3.05, 3.63) is 23.9 Å². The fourth-order valence-electron chi connectivity index (χ4n) is 2.74. The number of likely N-dealkylation sites (tertiary alicyclic amines) is 1. The van der Waals surface area contributed by atoms with Crippen LogP contribution in [-0.4, -0.2) is 34.9 Å². The average molecular weight is 289 g/mol. The number of hydrogen-bond acceptors (Lipinski definition) is 3. The van der Waals surface area contributed by atoms with E-state index in [1.165, 1.54) is 0 Å². The highest BCUT2D eigenvalue weighted by Gasteiger charge is 2.34. The number of carbonyl (C=O) groups is 1.